The van der Waals surface area contributed by atoms with E-state index in [1.165, 1.54) is 0 Å². The maximum absolute atomic E-state index is 12.2. The Balaban J connectivity index is 2.08. The average Bonchev–Trinajstić information content (AvgIpc) is 2.41. The van der Waals surface area contributed by atoms with E-state index < -0.39 is 9.84 Å². The van der Waals surface area contributed by atoms with Gasteiger partial charge in [0, 0.05) is 11.3 Å². The predicted octanol–water partition coefficient (Wildman–Crippen LogP) is 1.78. The van der Waals surface area contributed by atoms with Gasteiger partial charge < -0.3 is 9.47 Å². The summed E-state index contributed by atoms with van der Waals surface area (Å²) in [6, 6.07) is 8.30. The molecule has 1 aromatic rings. The second-order valence-corrected chi connectivity index (χ2v) is 6.18. The van der Waals surface area contributed by atoms with E-state index in [4.69, 9.17) is 9.47 Å². The normalized spacial score (nSPS) is 20.6. The van der Waals surface area contributed by atoms with Crippen molar-refractivity contribution in [2.45, 2.75) is 17.4 Å². The van der Waals surface area contributed by atoms with Gasteiger partial charge in [-0.1, -0.05) is 24.8 Å². The number of ether oxygens (including phenoxy) is 2. The molecule has 4 nitrogen and oxygen atoms in total. The standard InChI is InChI=1S/C13H16O4S/c1-11(9-12-10-16-7-8-17-12)18(14,15)13-5-3-2-4-6-13/h2-6,12H,1,7-10H2/t12-/m1/s1. The first kappa shape index (κ1) is 13.3. The Morgan fingerprint density at radius 1 is 1.28 bits per heavy atom. The molecule has 0 unspecified atom stereocenters. The maximum Gasteiger partial charge on any atom is 0.202 e. The number of sulfone groups is 1. The quantitative estimate of drug-likeness (QED) is 0.835. The van der Waals surface area contributed by atoms with Gasteiger partial charge in [-0.15, -0.1) is 0 Å². The molecule has 2 rings (SSSR count). The van der Waals surface area contributed by atoms with Gasteiger partial charge in [0.15, 0.2) is 0 Å². The Hall–Kier alpha value is -1.17. The largest absolute Gasteiger partial charge is 0.376 e. The van der Waals surface area contributed by atoms with Crippen LogP contribution in [0.3, 0.4) is 0 Å². The van der Waals surface area contributed by atoms with Gasteiger partial charge in [-0.25, -0.2) is 8.42 Å². The van der Waals surface area contributed by atoms with E-state index in [0.29, 0.717) is 19.8 Å². The summed E-state index contributed by atoms with van der Waals surface area (Å²) in [7, 11) is -3.47. The predicted molar refractivity (Wildman–Crippen MR) is 67.9 cm³/mol. The highest BCUT2D eigenvalue weighted by molar-refractivity contribution is 7.95. The van der Waals surface area contributed by atoms with E-state index in [1.807, 2.05) is 0 Å². The Morgan fingerprint density at radius 3 is 2.61 bits per heavy atom. The Bertz CT molecular complexity index is 501. The fourth-order valence-corrected chi connectivity index (χ4v) is 3.04. The van der Waals surface area contributed by atoms with Crippen molar-refractivity contribution in [2.24, 2.45) is 0 Å². The van der Waals surface area contributed by atoms with E-state index in [1.54, 1.807) is 30.3 Å². The highest BCUT2D eigenvalue weighted by atomic mass is 32.2. The number of benzene rings is 1. The molecule has 1 saturated heterocycles. The van der Waals surface area contributed by atoms with Crippen LogP contribution in [0, 0.1) is 0 Å². The van der Waals surface area contributed by atoms with Gasteiger partial charge in [-0.3, -0.25) is 0 Å². The highest BCUT2D eigenvalue weighted by Crippen LogP contribution is 2.22. The minimum Gasteiger partial charge on any atom is -0.376 e. The summed E-state index contributed by atoms with van der Waals surface area (Å²) in [5.74, 6) is 0. The van der Waals surface area contributed by atoms with Gasteiger partial charge >= 0.3 is 0 Å². The van der Waals surface area contributed by atoms with Crippen LogP contribution in [-0.2, 0) is 19.3 Å². The molecule has 1 aliphatic rings. The van der Waals surface area contributed by atoms with Crippen molar-refractivity contribution in [1.82, 2.24) is 0 Å². The summed E-state index contributed by atoms with van der Waals surface area (Å²) in [5.41, 5.74) is 0. The molecule has 0 radical (unpaired) electrons. The van der Waals surface area contributed by atoms with Crippen LogP contribution in [0.15, 0.2) is 46.7 Å². The Kier molecular flexibility index (Phi) is 4.16. The number of rotatable bonds is 4. The lowest BCUT2D eigenvalue weighted by molar-refractivity contribution is -0.0865. The van der Waals surface area contributed by atoms with E-state index in [9.17, 15) is 8.42 Å². The zero-order valence-electron chi connectivity index (χ0n) is 10.0. The second kappa shape index (κ2) is 5.65. The van der Waals surface area contributed by atoms with E-state index in [0.717, 1.165) is 0 Å². The lowest BCUT2D eigenvalue weighted by atomic mass is 10.2. The fourth-order valence-electron chi connectivity index (χ4n) is 1.78. The lowest BCUT2D eigenvalue weighted by Gasteiger charge is -2.23. The highest BCUT2D eigenvalue weighted by Gasteiger charge is 2.23. The summed E-state index contributed by atoms with van der Waals surface area (Å²) in [4.78, 5) is 0.441. The summed E-state index contributed by atoms with van der Waals surface area (Å²) < 4.78 is 35.1. The van der Waals surface area contributed by atoms with Crippen molar-refractivity contribution in [2.75, 3.05) is 19.8 Å². The second-order valence-electron chi connectivity index (χ2n) is 4.13. The molecule has 0 aliphatic carbocycles. The number of hydrogen-bond acceptors (Lipinski definition) is 4. The van der Waals surface area contributed by atoms with Gasteiger partial charge in [0.05, 0.1) is 30.8 Å². The molecule has 0 amide bonds. The van der Waals surface area contributed by atoms with Crippen molar-refractivity contribution in [3.8, 4) is 0 Å². The summed E-state index contributed by atoms with van der Waals surface area (Å²) in [5, 5.41) is 0. The van der Waals surface area contributed by atoms with Crippen molar-refractivity contribution in [3.63, 3.8) is 0 Å². The molecule has 0 bridgehead atoms. The molecule has 0 saturated carbocycles. The molecule has 1 aromatic carbocycles. The number of hydrogen-bond donors (Lipinski definition) is 0. The van der Waals surface area contributed by atoms with Gasteiger partial charge in [0.25, 0.3) is 0 Å². The van der Waals surface area contributed by atoms with Crippen molar-refractivity contribution in [3.05, 3.63) is 41.8 Å². The van der Waals surface area contributed by atoms with Crippen LogP contribution in [0.2, 0.25) is 0 Å². The molecular formula is C13H16O4S. The van der Waals surface area contributed by atoms with Crippen molar-refractivity contribution >= 4 is 9.84 Å². The summed E-state index contributed by atoms with van der Waals surface area (Å²) in [6.07, 6.45) is 0.0572. The van der Waals surface area contributed by atoms with Crippen LogP contribution in [0.4, 0.5) is 0 Å². The van der Waals surface area contributed by atoms with Crippen molar-refractivity contribution < 1.29 is 17.9 Å². The lowest BCUT2D eigenvalue weighted by Crippen LogP contribution is -2.29. The average molecular weight is 268 g/mol. The maximum atomic E-state index is 12.2. The Morgan fingerprint density at radius 2 is 2.00 bits per heavy atom. The van der Waals surface area contributed by atoms with Crippen LogP contribution in [0.5, 0.6) is 0 Å². The molecule has 18 heavy (non-hydrogen) atoms. The first-order valence-electron chi connectivity index (χ1n) is 5.78. The molecule has 0 N–H and O–H groups in total. The third kappa shape index (κ3) is 2.98. The van der Waals surface area contributed by atoms with E-state index in [2.05, 4.69) is 6.58 Å². The van der Waals surface area contributed by atoms with Gasteiger partial charge in [0.2, 0.25) is 9.84 Å². The molecule has 1 heterocycles. The third-order valence-electron chi connectivity index (χ3n) is 2.77. The molecule has 1 atom stereocenters. The van der Waals surface area contributed by atoms with Crippen molar-refractivity contribution in [1.29, 1.82) is 0 Å². The van der Waals surface area contributed by atoms with Crippen LogP contribution < -0.4 is 0 Å². The molecule has 98 valence electrons. The minimum atomic E-state index is -3.47. The van der Waals surface area contributed by atoms with E-state index in [-0.39, 0.29) is 22.3 Å². The summed E-state index contributed by atoms with van der Waals surface area (Å²) >= 11 is 0. The smallest absolute Gasteiger partial charge is 0.202 e. The first-order valence-corrected chi connectivity index (χ1v) is 7.26. The zero-order valence-corrected chi connectivity index (χ0v) is 10.9. The van der Waals surface area contributed by atoms with Crippen LogP contribution in [0.1, 0.15) is 6.42 Å². The van der Waals surface area contributed by atoms with Gasteiger partial charge in [-0.2, -0.15) is 0 Å². The molecule has 0 aromatic heterocycles. The van der Waals surface area contributed by atoms with Gasteiger partial charge in [-0.05, 0) is 12.1 Å². The van der Waals surface area contributed by atoms with Crippen LogP contribution in [-0.4, -0.2) is 34.3 Å². The summed E-state index contributed by atoms with van der Waals surface area (Å²) in [6.45, 7) is 5.16. The molecule has 1 aliphatic heterocycles. The monoisotopic (exact) mass is 268 g/mol. The topological polar surface area (TPSA) is 52.6 Å². The van der Waals surface area contributed by atoms with Gasteiger partial charge in [0.1, 0.15) is 0 Å². The Labute approximate surface area is 107 Å². The fraction of sp³-hybridized carbons (Fsp3) is 0.385. The minimum absolute atomic E-state index is 0.171. The van der Waals surface area contributed by atoms with Crippen LogP contribution >= 0.6 is 0 Å². The molecule has 5 heteroatoms. The zero-order chi connectivity index (χ0) is 13.0. The molecule has 0 spiro atoms. The van der Waals surface area contributed by atoms with E-state index >= 15 is 0 Å². The van der Waals surface area contributed by atoms with Crippen LogP contribution in [0.25, 0.3) is 0 Å². The molecular weight excluding hydrogens is 252 g/mol. The third-order valence-corrected chi connectivity index (χ3v) is 4.59. The molecule has 1 fully saturated rings. The SMILES string of the molecule is C=C(C[C@@H]1COCCO1)S(=O)(=O)c1ccccc1. The first-order chi connectivity index (χ1) is 8.60.